The van der Waals surface area contributed by atoms with Crippen LogP contribution in [-0.4, -0.2) is 47.9 Å². The molecule has 1 aliphatic heterocycles. The molecule has 2 aromatic rings. The number of aromatic nitrogens is 2. The average molecular weight is 455 g/mol. The van der Waals surface area contributed by atoms with E-state index in [4.69, 9.17) is 4.52 Å². The number of hydrogen-bond acceptors (Lipinski definition) is 7. The molecule has 2 aromatic heterocycles. The highest BCUT2D eigenvalue weighted by Gasteiger charge is 2.34. The first-order chi connectivity index (χ1) is 14.1. The lowest BCUT2D eigenvalue weighted by Crippen LogP contribution is -2.44. The monoisotopic (exact) mass is 454 g/mol. The number of nitrogens with zero attached hydrogens (tertiary/aromatic N) is 3. The molecular weight excluding hydrogens is 424 g/mol. The number of aryl methyl sites for hydroxylation is 1. The zero-order chi connectivity index (χ0) is 22.1. The van der Waals surface area contributed by atoms with Gasteiger partial charge in [0.25, 0.3) is 0 Å². The van der Waals surface area contributed by atoms with E-state index in [9.17, 15) is 13.2 Å². The summed E-state index contributed by atoms with van der Waals surface area (Å²) in [5.41, 5.74) is 0. The van der Waals surface area contributed by atoms with Crippen molar-refractivity contribution in [3.05, 3.63) is 16.8 Å². The number of carbonyl (C=O) groups excluding carboxylic acids is 1. The molecule has 0 radical (unpaired) electrons. The molecule has 0 spiro atoms. The van der Waals surface area contributed by atoms with E-state index in [1.807, 2.05) is 27.7 Å². The van der Waals surface area contributed by atoms with Crippen LogP contribution in [0.15, 0.2) is 15.5 Å². The zero-order valence-corrected chi connectivity index (χ0v) is 19.8. The number of sulfonamides is 1. The Bertz CT molecular complexity index is 988. The Morgan fingerprint density at radius 1 is 1.33 bits per heavy atom. The summed E-state index contributed by atoms with van der Waals surface area (Å²) in [5, 5.41) is 6.98. The first kappa shape index (κ1) is 22.9. The van der Waals surface area contributed by atoms with Crippen molar-refractivity contribution in [2.45, 2.75) is 70.7 Å². The van der Waals surface area contributed by atoms with Crippen LogP contribution in [0.2, 0.25) is 0 Å². The van der Waals surface area contributed by atoms with Gasteiger partial charge in [0.15, 0.2) is 0 Å². The third-order valence-corrected chi connectivity index (χ3v) is 8.67. The van der Waals surface area contributed by atoms with Gasteiger partial charge in [-0.1, -0.05) is 25.9 Å². The molecular formula is C20H30N4O4S2. The van der Waals surface area contributed by atoms with Crippen molar-refractivity contribution in [1.82, 2.24) is 19.8 Å². The Labute approximate surface area is 182 Å². The van der Waals surface area contributed by atoms with Crippen molar-refractivity contribution in [3.63, 3.8) is 0 Å². The Morgan fingerprint density at radius 3 is 2.57 bits per heavy atom. The molecule has 0 saturated carbocycles. The second-order valence-corrected chi connectivity index (χ2v) is 11.3. The maximum Gasteiger partial charge on any atom is 0.244 e. The Morgan fingerprint density at radius 2 is 2.00 bits per heavy atom. The summed E-state index contributed by atoms with van der Waals surface area (Å²) >= 11 is 1.34. The molecule has 1 amide bonds. The average Bonchev–Trinajstić information content (AvgIpc) is 3.35. The van der Waals surface area contributed by atoms with Gasteiger partial charge in [0.2, 0.25) is 27.6 Å². The van der Waals surface area contributed by atoms with Gasteiger partial charge in [0, 0.05) is 35.8 Å². The summed E-state index contributed by atoms with van der Waals surface area (Å²) in [5.74, 6) is 0.924. The molecule has 0 bridgehead atoms. The van der Waals surface area contributed by atoms with Gasteiger partial charge in [0.1, 0.15) is 0 Å². The largest absolute Gasteiger partial charge is 0.353 e. The third kappa shape index (κ3) is 4.76. The summed E-state index contributed by atoms with van der Waals surface area (Å²) in [4.78, 5) is 18.4. The van der Waals surface area contributed by atoms with E-state index in [0.29, 0.717) is 47.4 Å². The first-order valence-corrected chi connectivity index (χ1v) is 12.6. The standard InChI is InChI=1S/C20H30N4O4S2/c1-6-13(4)21-19(25)15-7-9-24(10-8-15)30(26,27)17-11-16(29-14(17)5)18-22-20(12(2)3)28-23-18/h11-13,15H,6-10H2,1-5H3,(H,21,25)/t13-/m0/s1. The molecule has 10 heteroatoms. The van der Waals surface area contributed by atoms with Crippen LogP contribution in [0.25, 0.3) is 10.7 Å². The maximum absolute atomic E-state index is 13.2. The molecule has 3 rings (SSSR count). The normalized spacial score (nSPS) is 17.4. The topological polar surface area (TPSA) is 105 Å². The summed E-state index contributed by atoms with van der Waals surface area (Å²) in [6.45, 7) is 10.4. The molecule has 1 atom stereocenters. The minimum absolute atomic E-state index is 0.0217. The van der Waals surface area contributed by atoms with Crippen molar-refractivity contribution in [2.24, 2.45) is 5.92 Å². The van der Waals surface area contributed by atoms with Crippen LogP contribution in [0.4, 0.5) is 0 Å². The molecule has 1 fully saturated rings. The minimum Gasteiger partial charge on any atom is -0.353 e. The van der Waals surface area contributed by atoms with Crippen molar-refractivity contribution in [2.75, 3.05) is 13.1 Å². The number of rotatable bonds is 7. The lowest BCUT2D eigenvalue weighted by molar-refractivity contribution is -0.126. The fourth-order valence-electron chi connectivity index (χ4n) is 3.36. The molecule has 8 nitrogen and oxygen atoms in total. The summed E-state index contributed by atoms with van der Waals surface area (Å²) in [7, 11) is -3.64. The Hall–Kier alpha value is -1.78. The van der Waals surface area contributed by atoms with Gasteiger partial charge in [-0.25, -0.2) is 8.42 Å². The van der Waals surface area contributed by atoms with Crippen LogP contribution < -0.4 is 5.32 Å². The number of piperidine rings is 1. The van der Waals surface area contributed by atoms with E-state index >= 15 is 0 Å². The second-order valence-electron chi connectivity index (χ2n) is 8.14. The fraction of sp³-hybridized carbons (Fsp3) is 0.650. The zero-order valence-electron chi connectivity index (χ0n) is 18.1. The highest BCUT2D eigenvalue weighted by molar-refractivity contribution is 7.89. The van der Waals surface area contributed by atoms with Crippen LogP contribution in [0.3, 0.4) is 0 Å². The second kappa shape index (κ2) is 9.15. The Kier molecular flexibility index (Phi) is 6.98. The molecule has 0 aliphatic carbocycles. The van der Waals surface area contributed by atoms with E-state index in [-0.39, 0.29) is 28.7 Å². The van der Waals surface area contributed by atoms with E-state index in [1.54, 1.807) is 13.0 Å². The van der Waals surface area contributed by atoms with Gasteiger partial charge in [-0.15, -0.1) is 11.3 Å². The lowest BCUT2D eigenvalue weighted by atomic mass is 9.97. The van der Waals surface area contributed by atoms with Crippen molar-refractivity contribution in [1.29, 1.82) is 0 Å². The molecule has 1 aliphatic rings. The van der Waals surface area contributed by atoms with E-state index < -0.39 is 10.0 Å². The molecule has 1 N–H and O–H groups in total. The molecule has 3 heterocycles. The first-order valence-electron chi connectivity index (χ1n) is 10.4. The van der Waals surface area contributed by atoms with Gasteiger partial charge >= 0.3 is 0 Å². The van der Waals surface area contributed by atoms with E-state index in [0.717, 1.165) is 6.42 Å². The highest BCUT2D eigenvalue weighted by atomic mass is 32.2. The molecule has 0 aromatic carbocycles. The van der Waals surface area contributed by atoms with Crippen molar-refractivity contribution >= 4 is 27.3 Å². The number of carbonyl (C=O) groups is 1. The van der Waals surface area contributed by atoms with Gasteiger partial charge in [0.05, 0.1) is 9.77 Å². The quantitative estimate of drug-likeness (QED) is 0.686. The van der Waals surface area contributed by atoms with Gasteiger partial charge in [-0.3, -0.25) is 4.79 Å². The van der Waals surface area contributed by atoms with Crippen LogP contribution in [-0.2, 0) is 14.8 Å². The lowest BCUT2D eigenvalue weighted by Gasteiger charge is -2.31. The van der Waals surface area contributed by atoms with Gasteiger partial charge < -0.3 is 9.84 Å². The van der Waals surface area contributed by atoms with Gasteiger partial charge in [-0.2, -0.15) is 9.29 Å². The number of hydrogen-bond donors (Lipinski definition) is 1. The fourth-order valence-corrected chi connectivity index (χ4v) is 6.32. The van der Waals surface area contributed by atoms with Crippen LogP contribution >= 0.6 is 11.3 Å². The Balaban J connectivity index is 1.72. The van der Waals surface area contributed by atoms with Crippen LogP contribution in [0.5, 0.6) is 0 Å². The number of nitrogens with one attached hydrogen (secondary N) is 1. The SMILES string of the molecule is CC[C@H](C)NC(=O)C1CCN(S(=O)(=O)c2cc(-c3noc(C(C)C)n3)sc2C)CC1. The molecule has 30 heavy (non-hydrogen) atoms. The maximum atomic E-state index is 13.2. The van der Waals surface area contributed by atoms with Crippen molar-refractivity contribution < 1.29 is 17.7 Å². The van der Waals surface area contributed by atoms with Crippen LogP contribution in [0.1, 0.15) is 63.6 Å². The predicted octanol–water partition coefficient (Wildman–Crippen LogP) is 3.55. The summed E-state index contributed by atoms with van der Waals surface area (Å²) in [6, 6.07) is 1.76. The number of amides is 1. The van der Waals surface area contributed by atoms with Crippen molar-refractivity contribution in [3.8, 4) is 10.7 Å². The summed E-state index contributed by atoms with van der Waals surface area (Å²) < 4.78 is 33.2. The minimum atomic E-state index is -3.64. The third-order valence-electron chi connectivity index (χ3n) is 5.47. The van der Waals surface area contributed by atoms with E-state index in [2.05, 4.69) is 15.5 Å². The van der Waals surface area contributed by atoms with Gasteiger partial charge in [-0.05, 0) is 39.2 Å². The van der Waals surface area contributed by atoms with E-state index in [1.165, 1.54) is 15.6 Å². The van der Waals surface area contributed by atoms with Crippen LogP contribution in [0, 0.1) is 12.8 Å². The highest BCUT2D eigenvalue weighted by Crippen LogP contribution is 2.35. The molecule has 1 saturated heterocycles. The predicted molar refractivity (Wildman–Crippen MR) is 116 cm³/mol. The smallest absolute Gasteiger partial charge is 0.244 e. The number of thiophene rings is 1. The molecule has 166 valence electrons. The summed E-state index contributed by atoms with van der Waals surface area (Å²) in [6.07, 6.45) is 1.93. The molecule has 0 unspecified atom stereocenters.